The van der Waals surface area contributed by atoms with E-state index in [1.165, 1.54) is 51.4 Å². The molecule has 0 amide bonds. The van der Waals surface area contributed by atoms with Gasteiger partial charge in [-0.05, 0) is 6.42 Å². The number of unbranched alkanes of at least 4 members (excludes halogenated alkanes) is 10. The number of thiol groups is 1. The van der Waals surface area contributed by atoms with E-state index in [0.717, 1.165) is 19.3 Å². The van der Waals surface area contributed by atoms with Gasteiger partial charge in [-0.25, -0.2) is 0 Å². The predicted molar refractivity (Wildman–Crippen MR) is 110 cm³/mol. The molecule has 0 aromatic carbocycles. The van der Waals surface area contributed by atoms with Crippen molar-refractivity contribution >= 4 is 29.1 Å². The molecule has 0 rings (SSSR count). The fourth-order valence-corrected chi connectivity index (χ4v) is 4.43. The molecule has 0 aromatic heterocycles. The second kappa shape index (κ2) is 18.1. The third kappa shape index (κ3) is 19.3. The molecule has 0 aliphatic heterocycles. The lowest BCUT2D eigenvalue weighted by atomic mass is 10.1. The van der Waals surface area contributed by atoms with E-state index in [9.17, 15) is 14.4 Å². The van der Waals surface area contributed by atoms with Crippen molar-refractivity contribution in [1.82, 2.24) is 0 Å². The van der Waals surface area contributed by atoms with Crippen LogP contribution >= 0.6 is 11.2 Å². The first-order valence-corrected chi connectivity index (χ1v) is 12.0. The van der Waals surface area contributed by atoms with Crippen molar-refractivity contribution in [2.24, 2.45) is 0 Å². The highest BCUT2D eigenvalue weighted by Crippen LogP contribution is 2.29. The lowest BCUT2D eigenvalue weighted by Crippen LogP contribution is -2.11. The minimum Gasteiger partial charge on any atom is -0.481 e. The van der Waals surface area contributed by atoms with Gasteiger partial charge in [0.15, 0.2) is 0 Å². The van der Waals surface area contributed by atoms with Crippen LogP contribution in [-0.4, -0.2) is 39.6 Å². The van der Waals surface area contributed by atoms with Crippen LogP contribution in [0.5, 0.6) is 0 Å². The molecule has 160 valence electrons. The standard InChI is InChI=1S/C20H38O6S/c1-2-3-4-5-6-7-8-9-10-11-12-13-20(25)26-27(16-14-18(21)22)17-15-19(23)24/h27H,2-17H2,1H3,(H,21,22)(H,23,24). The van der Waals surface area contributed by atoms with Crippen molar-refractivity contribution in [2.75, 3.05) is 11.5 Å². The maximum atomic E-state index is 11.9. The molecule has 27 heavy (non-hydrogen) atoms. The van der Waals surface area contributed by atoms with Gasteiger partial charge in [0.25, 0.3) is 0 Å². The predicted octanol–water partition coefficient (Wildman–Crippen LogP) is 5.10. The first kappa shape index (κ1) is 25.8. The molecule has 0 aliphatic carbocycles. The maximum absolute atomic E-state index is 11.9. The molecule has 0 aliphatic rings. The van der Waals surface area contributed by atoms with Crippen molar-refractivity contribution < 1.29 is 28.8 Å². The lowest BCUT2D eigenvalue weighted by molar-refractivity contribution is -0.137. The van der Waals surface area contributed by atoms with Crippen LogP contribution in [0, 0.1) is 0 Å². The Morgan fingerprint density at radius 2 is 1.07 bits per heavy atom. The Kier molecular flexibility index (Phi) is 17.3. The summed E-state index contributed by atoms with van der Waals surface area (Å²) in [6.07, 6.45) is 13.4. The molecule has 0 bridgehead atoms. The van der Waals surface area contributed by atoms with Crippen LogP contribution in [0.15, 0.2) is 0 Å². The summed E-state index contributed by atoms with van der Waals surface area (Å²) in [5.41, 5.74) is 0. The third-order valence-corrected chi connectivity index (χ3v) is 6.27. The molecule has 2 N–H and O–H groups in total. The van der Waals surface area contributed by atoms with Crippen LogP contribution in [0.4, 0.5) is 0 Å². The molecule has 7 heteroatoms. The maximum Gasteiger partial charge on any atom is 0.315 e. The van der Waals surface area contributed by atoms with Gasteiger partial charge in [0, 0.05) is 17.9 Å². The minimum atomic E-state index is -1.32. The largest absolute Gasteiger partial charge is 0.481 e. The lowest BCUT2D eigenvalue weighted by Gasteiger charge is -2.20. The molecule has 0 aromatic rings. The van der Waals surface area contributed by atoms with Gasteiger partial charge in [0.1, 0.15) is 0 Å². The number of aliphatic carboxylic acids is 2. The van der Waals surface area contributed by atoms with E-state index < -0.39 is 23.1 Å². The zero-order valence-corrected chi connectivity index (χ0v) is 17.7. The SMILES string of the molecule is CCCCCCCCCCCCCC(=O)O[SH](CCC(=O)O)CCC(=O)O. The van der Waals surface area contributed by atoms with E-state index in [1.54, 1.807) is 0 Å². The topological polar surface area (TPSA) is 101 Å². The molecule has 0 heterocycles. The van der Waals surface area contributed by atoms with Gasteiger partial charge in [-0.15, -0.1) is 0 Å². The summed E-state index contributed by atoms with van der Waals surface area (Å²) in [6, 6.07) is 0. The third-order valence-electron chi connectivity index (χ3n) is 4.37. The fraction of sp³-hybridized carbons (Fsp3) is 0.850. The van der Waals surface area contributed by atoms with E-state index >= 15 is 0 Å². The Hall–Kier alpha value is -1.24. The highest BCUT2D eigenvalue weighted by molar-refractivity contribution is 8.13. The van der Waals surface area contributed by atoms with E-state index in [1.807, 2.05) is 0 Å². The summed E-state index contributed by atoms with van der Waals surface area (Å²) in [7, 11) is 0. The summed E-state index contributed by atoms with van der Waals surface area (Å²) in [5, 5.41) is 17.5. The summed E-state index contributed by atoms with van der Waals surface area (Å²) in [5.74, 6) is -1.80. The fourth-order valence-electron chi connectivity index (χ4n) is 2.77. The van der Waals surface area contributed by atoms with E-state index in [-0.39, 0.29) is 30.3 Å². The van der Waals surface area contributed by atoms with Gasteiger partial charge in [-0.1, -0.05) is 82.3 Å². The molecule has 6 nitrogen and oxygen atoms in total. The van der Waals surface area contributed by atoms with E-state index in [4.69, 9.17) is 14.4 Å². The number of carboxylic acids is 2. The molecule has 0 saturated heterocycles. The van der Waals surface area contributed by atoms with Gasteiger partial charge in [-0.2, -0.15) is 0 Å². The number of carbonyl (C=O) groups is 3. The van der Waals surface area contributed by atoms with Crippen LogP contribution in [0.2, 0.25) is 0 Å². The normalized spacial score (nSPS) is 11.2. The molecule has 0 saturated carbocycles. The number of carboxylic acid groups (broad SMARTS) is 2. The summed E-state index contributed by atoms with van der Waals surface area (Å²) in [6.45, 7) is 2.23. The van der Waals surface area contributed by atoms with Gasteiger partial charge < -0.3 is 14.4 Å². The number of hydrogen-bond donors (Lipinski definition) is 3. The molecular weight excluding hydrogens is 368 g/mol. The van der Waals surface area contributed by atoms with Crippen molar-refractivity contribution in [2.45, 2.75) is 96.8 Å². The van der Waals surface area contributed by atoms with Gasteiger partial charge in [-0.3, -0.25) is 14.4 Å². The average Bonchev–Trinajstić information content (AvgIpc) is 2.61. The summed E-state index contributed by atoms with van der Waals surface area (Å²) < 4.78 is 5.34. The smallest absolute Gasteiger partial charge is 0.315 e. The van der Waals surface area contributed by atoms with Crippen LogP contribution < -0.4 is 0 Å². The van der Waals surface area contributed by atoms with Crippen LogP contribution in [-0.2, 0) is 18.6 Å². The van der Waals surface area contributed by atoms with Crippen molar-refractivity contribution in [3.63, 3.8) is 0 Å². The average molecular weight is 407 g/mol. The Balaban J connectivity index is 3.72. The Labute approximate surface area is 166 Å². The zero-order chi connectivity index (χ0) is 20.3. The summed E-state index contributed by atoms with van der Waals surface area (Å²) >= 11 is -1.32. The quantitative estimate of drug-likeness (QED) is 0.204. The van der Waals surface area contributed by atoms with Crippen molar-refractivity contribution in [3.8, 4) is 0 Å². The second-order valence-corrected chi connectivity index (χ2v) is 9.01. The van der Waals surface area contributed by atoms with Crippen LogP contribution in [0.25, 0.3) is 0 Å². The van der Waals surface area contributed by atoms with E-state index in [2.05, 4.69) is 6.92 Å². The Morgan fingerprint density at radius 3 is 1.48 bits per heavy atom. The van der Waals surface area contributed by atoms with Crippen molar-refractivity contribution in [3.05, 3.63) is 0 Å². The minimum absolute atomic E-state index is 0.100. The molecule has 0 atom stereocenters. The second-order valence-electron chi connectivity index (χ2n) is 6.97. The number of hydrogen-bond acceptors (Lipinski definition) is 4. The van der Waals surface area contributed by atoms with Crippen LogP contribution in [0.3, 0.4) is 0 Å². The molecule has 0 fully saturated rings. The monoisotopic (exact) mass is 406 g/mol. The highest BCUT2D eigenvalue weighted by Gasteiger charge is 2.14. The van der Waals surface area contributed by atoms with Crippen LogP contribution in [0.1, 0.15) is 96.8 Å². The first-order chi connectivity index (χ1) is 13.0. The Morgan fingerprint density at radius 1 is 0.667 bits per heavy atom. The zero-order valence-electron chi connectivity index (χ0n) is 16.8. The number of carbonyl (C=O) groups excluding carboxylic acids is 1. The summed E-state index contributed by atoms with van der Waals surface area (Å²) in [4.78, 5) is 33.2. The molecule has 0 spiro atoms. The first-order valence-electron chi connectivity index (χ1n) is 10.3. The van der Waals surface area contributed by atoms with Crippen molar-refractivity contribution in [1.29, 1.82) is 0 Å². The molecule has 0 radical (unpaired) electrons. The number of rotatable bonds is 19. The van der Waals surface area contributed by atoms with Gasteiger partial charge in [0.05, 0.1) is 12.8 Å². The highest BCUT2D eigenvalue weighted by atomic mass is 32.2. The Bertz CT molecular complexity index is 395. The van der Waals surface area contributed by atoms with Gasteiger partial charge in [0.2, 0.25) is 0 Å². The molecular formula is C20H38O6S. The van der Waals surface area contributed by atoms with E-state index in [0.29, 0.717) is 6.42 Å². The molecule has 0 unspecified atom stereocenters. The van der Waals surface area contributed by atoms with Gasteiger partial charge >= 0.3 is 17.9 Å².